The lowest BCUT2D eigenvalue weighted by Crippen LogP contribution is -2.62. The molecule has 1 unspecified atom stereocenters. The molecular formula is C25H26F3N3O4. The van der Waals surface area contributed by atoms with Crippen molar-refractivity contribution in [1.29, 1.82) is 0 Å². The van der Waals surface area contributed by atoms with Crippen LogP contribution in [0.3, 0.4) is 0 Å². The molecule has 2 heterocycles. The normalized spacial score (nSPS) is 19.5. The van der Waals surface area contributed by atoms with Crippen LogP contribution in [0.5, 0.6) is 5.75 Å². The lowest BCUT2D eigenvalue weighted by Gasteiger charge is -2.48. The summed E-state index contributed by atoms with van der Waals surface area (Å²) in [6.45, 7) is 3.96. The van der Waals surface area contributed by atoms with E-state index in [1.165, 1.54) is 6.07 Å². The summed E-state index contributed by atoms with van der Waals surface area (Å²) in [7, 11) is 0. The number of fused-ring (bicyclic) bond motifs is 3. The number of hydrogen-bond acceptors (Lipinski definition) is 4. The molecule has 7 nitrogen and oxygen atoms in total. The molecule has 2 aliphatic heterocycles. The van der Waals surface area contributed by atoms with Crippen molar-refractivity contribution in [3.05, 3.63) is 53.6 Å². The fourth-order valence-corrected chi connectivity index (χ4v) is 4.74. The SMILES string of the molecule is CCOc1ccc(C(F)(F)F)cc1NC(=O)CCCN1C(=O)c2ccccc2N2C(=O)CCC12C. The van der Waals surface area contributed by atoms with E-state index in [0.717, 1.165) is 12.1 Å². The van der Waals surface area contributed by atoms with Crippen molar-refractivity contribution in [3.8, 4) is 5.75 Å². The average molecular weight is 489 g/mol. The molecule has 10 heteroatoms. The fourth-order valence-electron chi connectivity index (χ4n) is 4.74. The van der Waals surface area contributed by atoms with Crippen LogP contribution in [0.4, 0.5) is 24.5 Å². The van der Waals surface area contributed by atoms with Gasteiger partial charge in [0.05, 0.1) is 29.1 Å². The molecule has 186 valence electrons. The molecule has 3 amide bonds. The molecule has 2 aromatic carbocycles. The van der Waals surface area contributed by atoms with E-state index in [9.17, 15) is 27.6 Å². The summed E-state index contributed by atoms with van der Waals surface area (Å²) in [6, 6.07) is 9.86. The number of carbonyl (C=O) groups excluding carboxylic acids is 3. The highest BCUT2D eigenvalue weighted by Gasteiger charge is 2.52. The van der Waals surface area contributed by atoms with Crippen LogP contribution < -0.4 is 15.0 Å². The summed E-state index contributed by atoms with van der Waals surface area (Å²) in [4.78, 5) is 41.7. The van der Waals surface area contributed by atoms with E-state index < -0.39 is 23.3 Å². The average Bonchev–Trinajstić information content (AvgIpc) is 3.11. The number of anilines is 2. The molecule has 0 saturated carbocycles. The molecule has 0 spiro atoms. The van der Waals surface area contributed by atoms with Crippen molar-refractivity contribution in [2.45, 2.75) is 51.4 Å². The zero-order valence-corrected chi connectivity index (χ0v) is 19.4. The Morgan fingerprint density at radius 1 is 1.17 bits per heavy atom. The third kappa shape index (κ3) is 4.56. The van der Waals surface area contributed by atoms with Gasteiger partial charge in [-0.3, -0.25) is 19.3 Å². The van der Waals surface area contributed by atoms with Crippen molar-refractivity contribution in [1.82, 2.24) is 4.90 Å². The minimum atomic E-state index is -4.56. The van der Waals surface area contributed by atoms with E-state index in [1.54, 1.807) is 41.0 Å². The van der Waals surface area contributed by atoms with E-state index in [-0.39, 0.29) is 49.2 Å². The standard InChI is InChI=1S/C25H26F3N3O4/c1-3-35-20-11-10-16(25(26,27)28)15-18(20)29-21(32)9-6-14-30-23(34)17-7-4-5-8-19(17)31-22(33)12-13-24(30,31)2/h4-5,7-8,10-11,15H,3,6,9,12-14H2,1-2H3,(H,29,32). The maximum atomic E-state index is 13.3. The highest BCUT2D eigenvalue weighted by atomic mass is 19.4. The highest BCUT2D eigenvalue weighted by molar-refractivity contribution is 6.10. The maximum absolute atomic E-state index is 13.3. The summed E-state index contributed by atoms with van der Waals surface area (Å²) in [5.41, 5.74) is -0.774. The van der Waals surface area contributed by atoms with Crippen molar-refractivity contribution >= 4 is 29.1 Å². The van der Waals surface area contributed by atoms with Crippen LogP contribution in [0, 0.1) is 0 Å². The largest absolute Gasteiger partial charge is 0.492 e. The van der Waals surface area contributed by atoms with E-state index in [1.807, 2.05) is 6.92 Å². The van der Waals surface area contributed by atoms with Crippen molar-refractivity contribution < 1.29 is 32.3 Å². The molecule has 0 aliphatic carbocycles. The fraction of sp³-hybridized carbons (Fsp3) is 0.400. The maximum Gasteiger partial charge on any atom is 0.416 e. The number of hydrogen-bond donors (Lipinski definition) is 1. The molecule has 1 atom stereocenters. The number of benzene rings is 2. The van der Waals surface area contributed by atoms with Crippen LogP contribution in [0.2, 0.25) is 0 Å². The molecule has 1 fully saturated rings. The number of amides is 3. The van der Waals surface area contributed by atoms with Crippen LogP contribution in [0.1, 0.15) is 55.5 Å². The Labute approximate surface area is 200 Å². The summed E-state index contributed by atoms with van der Waals surface area (Å²) in [6.07, 6.45) is -3.54. The zero-order chi connectivity index (χ0) is 25.4. The van der Waals surface area contributed by atoms with Gasteiger partial charge in [-0.15, -0.1) is 0 Å². The first-order valence-electron chi connectivity index (χ1n) is 11.4. The van der Waals surface area contributed by atoms with E-state index in [4.69, 9.17) is 4.74 Å². The number of nitrogens with one attached hydrogen (secondary N) is 1. The van der Waals surface area contributed by atoms with Gasteiger partial charge in [0, 0.05) is 19.4 Å². The van der Waals surface area contributed by atoms with Gasteiger partial charge in [-0.1, -0.05) is 12.1 Å². The number of halogens is 3. The summed E-state index contributed by atoms with van der Waals surface area (Å²) in [5.74, 6) is -0.641. The second kappa shape index (κ2) is 9.24. The number of ether oxygens (including phenoxy) is 1. The minimum Gasteiger partial charge on any atom is -0.492 e. The van der Waals surface area contributed by atoms with Gasteiger partial charge in [0.15, 0.2) is 0 Å². The Morgan fingerprint density at radius 3 is 2.63 bits per heavy atom. The second-order valence-corrected chi connectivity index (χ2v) is 8.71. The Bertz CT molecular complexity index is 1170. The van der Waals surface area contributed by atoms with E-state index in [2.05, 4.69) is 5.32 Å². The molecule has 4 rings (SSSR count). The zero-order valence-electron chi connectivity index (χ0n) is 19.4. The third-order valence-electron chi connectivity index (χ3n) is 6.41. The summed E-state index contributed by atoms with van der Waals surface area (Å²) >= 11 is 0. The van der Waals surface area contributed by atoms with E-state index in [0.29, 0.717) is 24.1 Å². The van der Waals surface area contributed by atoms with Crippen LogP contribution in [-0.4, -0.2) is 41.4 Å². The van der Waals surface area contributed by atoms with Crippen LogP contribution in [0.25, 0.3) is 0 Å². The summed E-state index contributed by atoms with van der Waals surface area (Å²) in [5, 5.41) is 2.50. The molecule has 1 N–H and O–H groups in total. The predicted octanol–water partition coefficient (Wildman–Crippen LogP) is 4.82. The Kier molecular flexibility index (Phi) is 6.48. The quantitative estimate of drug-likeness (QED) is 0.605. The van der Waals surface area contributed by atoms with Crippen molar-refractivity contribution in [3.63, 3.8) is 0 Å². The van der Waals surface area contributed by atoms with E-state index >= 15 is 0 Å². The van der Waals surface area contributed by atoms with Gasteiger partial charge >= 0.3 is 6.18 Å². The molecule has 2 aliphatic rings. The number of rotatable bonds is 7. The molecule has 1 saturated heterocycles. The van der Waals surface area contributed by atoms with Gasteiger partial charge < -0.3 is 15.0 Å². The smallest absolute Gasteiger partial charge is 0.416 e. The topological polar surface area (TPSA) is 79.0 Å². The first kappa shape index (κ1) is 24.6. The van der Waals surface area contributed by atoms with Crippen LogP contribution in [-0.2, 0) is 15.8 Å². The first-order valence-corrected chi connectivity index (χ1v) is 11.4. The Hall–Kier alpha value is -3.56. The highest BCUT2D eigenvalue weighted by Crippen LogP contribution is 2.44. The second-order valence-electron chi connectivity index (χ2n) is 8.71. The summed E-state index contributed by atoms with van der Waals surface area (Å²) < 4.78 is 44.7. The van der Waals surface area contributed by atoms with Gasteiger partial charge in [0.1, 0.15) is 11.4 Å². The number of carbonyl (C=O) groups is 3. The third-order valence-corrected chi connectivity index (χ3v) is 6.41. The molecular weight excluding hydrogens is 463 g/mol. The van der Waals surface area contributed by atoms with Gasteiger partial charge in [0.25, 0.3) is 5.91 Å². The monoisotopic (exact) mass is 489 g/mol. The molecule has 0 bridgehead atoms. The Balaban J connectivity index is 1.46. The van der Waals surface area contributed by atoms with Gasteiger partial charge in [-0.25, -0.2) is 0 Å². The van der Waals surface area contributed by atoms with Crippen molar-refractivity contribution in [2.24, 2.45) is 0 Å². The lowest BCUT2D eigenvalue weighted by molar-refractivity contribution is -0.137. The molecule has 2 aromatic rings. The Morgan fingerprint density at radius 2 is 1.91 bits per heavy atom. The number of para-hydroxylation sites is 1. The first-order chi connectivity index (χ1) is 16.6. The van der Waals surface area contributed by atoms with Gasteiger partial charge in [-0.2, -0.15) is 13.2 Å². The predicted molar refractivity (Wildman–Crippen MR) is 123 cm³/mol. The van der Waals surface area contributed by atoms with Gasteiger partial charge in [0.2, 0.25) is 11.8 Å². The van der Waals surface area contributed by atoms with Crippen molar-refractivity contribution in [2.75, 3.05) is 23.4 Å². The molecule has 35 heavy (non-hydrogen) atoms. The van der Waals surface area contributed by atoms with Crippen LogP contribution >= 0.6 is 0 Å². The molecule has 0 radical (unpaired) electrons. The number of alkyl halides is 3. The molecule has 0 aromatic heterocycles. The minimum absolute atomic E-state index is 0.0305. The lowest BCUT2D eigenvalue weighted by atomic mass is 9.98. The number of nitrogens with zero attached hydrogens (tertiary/aromatic N) is 2. The van der Waals surface area contributed by atoms with Gasteiger partial charge in [-0.05, 0) is 57.0 Å². The van der Waals surface area contributed by atoms with Crippen LogP contribution in [0.15, 0.2) is 42.5 Å².